The number of esters is 1. The number of likely N-dealkylation sites (N-methyl/N-ethyl adjacent to an activating group) is 1. The molecule has 1 saturated heterocycles. The Morgan fingerprint density at radius 2 is 2.17 bits per heavy atom. The lowest BCUT2D eigenvalue weighted by atomic mass is 10.1. The number of nitrogens with zero attached hydrogens (tertiary/aromatic N) is 1. The van der Waals surface area contributed by atoms with Crippen LogP contribution in [-0.2, 0) is 4.74 Å². The lowest BCUT2D eigenvalue weighted by Crippen LogP contribution is -2.38. The summed E-state index contributed by atoms with van der Waals surface area (Å²) in [6, 6.07) is 5.90. The number of benzene rings is 1. The van der Waals surface area contributed by atoms with Crippen LogP contribution in [0.2, 0.25) is 0 Å². The molecule has 2 rings (SSSR count). The minimum Gasteiger partial charge on any atom is -0.457 e. The van der Waals surface area contributed by atoms with E-state index in [4.69, 9.17) is 4.74 Å². The molecule has 1 aromatic rings. The quantitative estimate of drug-likeness (QED) is 0.776. The first kappa shape index (κ1) is 14.9. The van der Waals surface area contributed by atoms with Crippen molar-refractivity contribution in [3.8, 4) is 0 Å². The second-order valence-electron chi connectivity index (χ2n) is 4.41. The highest BCUT2D eigenvalue weighted by Crippen LogP contribution is 2.15. The van der Waals surface area contributed by atoms with Crippen molar-refractivity contribution >= 4 is 18.4 Å². The summed E-state index contributed by atoms with van der Waals surface area (Å²) in [4.78, 5) is 13.9. The molecule has 1 heterocycles. The summed E-state index contributed by atoms with van der Waals surface area (Å²) < 4.78 is 18.7. The molecule has 100 valence electrons. The van der Waals surface area contributed by atoms with Crippen molar-refractivity contribution in [1.82, 2.24) is 4.90 Å². The standard InChI is InChI=1S/C13H16FNO2.ClH/c1-15-8-4-5-10(9-15)17-13(16)11-6-2-3-7-12(11)14;/h2-3,6-7,10H,4-5,8-9H2,1H3;1H. The second kappa shape index (κ2) is 6.71. The smallest absolute Gasteiger partial charge is 0.341 e. The van der Waals surface area contributed by atoms with Crippen molar-refractivity contribution in [2.45, 2.75) is 18.9 Å². The molecule has 1 fully saturated rings. The summed E-state index contributed by atoms with van der Waals surface area (Å²) in [5.41, 5.74) is 0.0146. The average molecular weight is 274 g/mol. The molecule has 0 aliphatic carbocycles. The van der Waals surface area contributed by atoms with E-state index in [-0.39, 0.29) is 24.1 Å². The summed E-state index contributed by atoms with van der Waals surface area (Å²) in [5.74, 6) is -1.09. The van der Waals surface area contributed by atoms with E-state index in [2.05, 4.69) is 4.90 Å². The number of halogens is 2. The molecule has 0 saturated carbocycles. The Morgan fingerprint density at radius 1 is 1.44 bits per heavy atom. The lowest BCUT2D eigenvalue weighted by molar-refractivity contribution is 0.0104. The number of rotatable bonds is 2. The van der Waals surface area contributed by atoms with Gasteiger partial charge in [-0.2, -0.15) is 0 Å². The van der Waals surface area contributed by atoms with E-state index in [9.17, 15) is 9.18 Å². The molecule has 0 bridgehead atoms. The van der Waals surface area contributed by atoms with E-state index < -0.39 is 11.8 Å². The predicted molar refractivity (Wildman–Crippen MR) is 69.6 cm³/mol. The SMILES string of the molecule is CN1CCCC(OC(=O)c2ccccc2F)C1.Cl. The number of hydrogen-bond donors (Lipinski definition) is 0. The Labute approximate surface area is 112 Å². The van der Waals surface area contributed by atoms with Crippen LogP contribution in [0.3, 0.4) is 0 Å². The molecular weight excluding hydrogens is 257 g/mol. The monoisotopic (exact) mass is 273 g/mol. The van der Waals surface area contributed by atoms with Crippen molar-refractivity contribution in [3.05, 3.63) is 35.6 Å². The van der Waals surface area contributed by atoms with Crippen LogP contribution >= 0.6 is 12.4 Å². The molecule has 0 amide bonds. The molecule has 1 aromatic carbocycles. The Bertz CT molecular complexity index is 414. The Balaban J connectivity index is 0.00000162. The van der Waals surface area contributed by atoms with Crippen LogP contribution in [0, 0.1) is 5.82 Å². The van der Waals surface area contributed by atoms with Gasteiger partial charge in [0.25, 0.3) is 0 Å². The molecule has 18 heavy (non-hydrogen) atoms. The van der Waals surface area contributed by atoms with Gasteiger partial charge < -0.3 is 9.64 Å². The molecule has 1 atom stereocenters. The van der Waals surface area contributed by atoms with E-state index in [0.29, 0.717) is 0 Å². The van der Waals surface area contributed by atoms with Gasteiger partial charge in [0.15, 0.2) is 0 Å². The van der Waals surface area contributed by atoms with Gasteiger partial charge >= 0.3 is 5.97 Å². The normalized spacial score (nSPS) is 20.0. The number of carbonyl (C=O) groups excluding carboxylic acids is 1. The lowest BCUT2D eigenvalue weighted by Gasteiger charge is -2.29. The van der Waals surface area contributed by atoms with Crippen LogP contribution in [0.25, 0.3) is 0 Å². The molecule has 1 aliphatic rings. The van der Waals surface area contributed by atoms with Gasteiger partial charge in [-0.05, 0) is 38.6 Å². The summed E-state index contributed by atoms with van der Waals surface area (Å²) in [7, 11) is 1.99. The van der Waals surface area contributed by atoms with Gasteiger partial charge in [0, 0.05) is 6.54 Å². The molecular formula is C13H17ClFNO2. The van der Waals surface area contributed by atoms with E-state index in [1.807, 2.05) is 7.05 Å². The molecule has 1 unspecified atom stereocenters. The number of piperidine rings is 1. The highest BCUT2D eigenvalue weighted by atomic mass is 35.5. The average Bonchev–Trinajstić information content (AvgIpc) is 2.29. The molecule has 0 radical (unpaired) electrons. The van der Waals surface area contributed by atoms with Crippen molar-refractivity contribution in [3.63, 3.8) is 0 Å². The van der Waals surface area contributed by atoms with Crippen LogP contribution in [0.1, 0.15) is 23.2 Å². The number of carbonyl (C=O) groups is 1. The van der Waals surface area contributed by atoms with Crippen LogP contribution in [0.15, 0.2) is 24.3 Å². The first-order valence-corrected chi connectivity index (χ1v) is 5.81. The minimum atomic E-state index is -0.566. The zero-order valence-electron chi connectivity index (χ0n) is 10.3. The highest BCUT2D eigenvalue weighted by Gasteiger charge is 2.22. The Morgan fingerprint density at radius 3 is 2.83 bits per heavy atom. The van der Waals surface area contributed by atoms with Gasteiger partial charge in [0.05, 0.1) is 5.56 Å². The third-order valence-electron chi connectivity index (χ3n) is 2.95. The zero-order chi connectivity index (χ0) is 12.3. The van der Waals surface area contributed by atoms with Crippen LogP contribution < -0.4 is 0 Å². The molecule has 0 N–H and O–H groups in total. The Kier molecular flexibility index (Phi) is 5.56. The van der Waals surface area contributed by atoms with Crippen LogP contribution in [0.5, 0.6) is 0 Å². The van der Waals surface area contributed by atoms with Gasteiger partial charge in [-0.1, -0.05) is 12.1 Å². The maximum absolute atomic E-state index is 13.4. The topological polar surface area (TPSA) is 29.5 Å². The summed E-state index contributed by atoms with van der Waals surface area (Å²) >= 11 is 0. The van der Waals surface area contributed by atoms with E-state index in [1.165, 1.54) is 12.1 Å². The maximum Gasteiger partial charge on any atom is 0.341 e. The largest absolute Gasteiger partial charge is 0.457 e. The number of likely N-dealkylation sites (tertiary alicyclic amines) is 1. The first-order chi connectivity index (χ1) is 8.16. The van der Waals surface area contributed by atoms with Gasteiger partial charge in [-0.25, -0.2) is 9.18 Å². The van der Waals surface area contributed by atoms with E-state index in [0.717, 1.165) is 25.9 Å². The van der Waals surface area contributed by atoms with Gasteiger partial charge in [0.1, 0.15) is 11.9 Å². The van der Waals surface area contributed by atoms with Crippen LogP contribution in [-0.4, -0.2) is 37.1 Å². The van der Waals surface area contributed by atoms with Crippen molar-refractivity contribution in [2.24, 2.45) is 0 Å². The van der Waals surface area contributed by atoms with E-state index >= 15 is 0 Å². The zero-order valence-corrected chi connectivity index (χ0v) is 11.1. The molecule has 3 nitrogen and oxygen atoms in total. The minimum absolute atomic E-state index is 0. The molecule has 0 spiro atoms. The molecule has 1 aliphatic heterocycles. The summed E-state index contributed by atoms with van der Waals surface area (Å²) in [6.45, 7) is 1.74. The van der Waals surface area contributed by atoms with Crippen molar-refractivity contribution in [1.29, 1.82) is 0 Å². The summed E-state index contributed by atoms with van der Waals surface area (Å²) in [5, 5.41) is 0. The molecule has 0 aromatic heterocycles. The second-order valence-corrected chi connectivity index (χ2v) is 4.41. The predicted octanol–water partition coefficient (Wildman–Crippen LogP) is 2.50. The first-order valence-electron chi connectivity index (χ1n) is 5.81. The van der Waals surface area contributed by atoms with Crippen molar-refractivity contribution < 1.29 is 13.9 Å². The van der Waals surface area contributed by atoms with Crippen LogP contribution in [0.4, 0.5) is 4.39 Å². The third kappa shape index (κ3) is 3.68. The maximum atomic E-state index is 13.4. The van der Waals surface area contributed by atoms with Gasteiger partial charge in [-0.3, -0.25) is 0 Å². The molecule has 5 heteroatoms. The third-order valence-corrected chi connectivity index (χ3v) is 2.95. The summed E-state index contributed by atoms with van der Waals surface area (Å²) in [6.07, 6.45) is 1.73. The van der Waals surface area contributed by atoms with Gasteiger partial charge in [0.2, 0.25) is 0 Å². The Hall–Kier alpha value is -1.13. The van der Waals surface area contributed by atoms with E-state index in [1.54, 1.807) is 12.1 Å². The fraction of sp³-hybridized carbons (Fsp3) is 0.462. The highest BCUT2D eigenvalue weighted by molar-refractivity contribution is 5.89. The van der Waals surface area contributed by atoms with Crippen molar-refractivity contribution in [2.75, 3.05) is 20.1 Å². The fourth-order valence-electron chi connectivity index (χ4n) is 2.06. The van der Waals surface area contributed by atoms with Gasteiger partial charge in [-0.15, -0.1) is 12.4 Å². The fourth-order valence-corrected chi connectivity index (χ4v) is 2.06. The number of ether oxygens (including phenoxy) is 1. The number of hydrogen-bond acceptors (Lipinski definition) is 3.